The molecule has 0 bridgehead atoms. The molecule has 1 heterocycles. The van der Waals surface area contributed by atoms with Crippen molar-refractivity contribution < 1.29 is 13.9 Å². The first-order valence-corrected chi connectivity index (χ1v) is 9.71. The average Bonchev–Trinajstić information content (AvgIpc) is 2.93. The second-order valence-corrected chi connectivity index (χ2v) is 7.16. The van der Waals surface area contributed by atoms with Gasteiger partial charge in [0.05, 0.1) is 13.7 Å². The van der Waals surface area contributed by atoms with Gasteiger partial charge in [-0.2, -0.15) is 0 Å². The van der Waals surface area contributed by atoms with Crippen LogP contribution in [0.4, 0.5) is 4.39 Å². The summed E-state index contributed by atoms with van der Waals surface area (Å²) < 4.78 is 18.2. The number of amides is 1. The molecule has 0 aliphatic carbocycles. The summed E-state index contributed by atoms with van der Waals surface area (Å²) in [6.45, 7) is 5.42. The van der Waals surface area contributed by atoms with Gasteiger partial charge in [0.2, 0.25) is 5.91 Å². The summed E-state index contributed by atoms with van der Waals surface area (Å²) in [5.41, 5.74) is 2.17. The van der Waals surface area contributed by atoms with E-state index >= 15 is 0 Å². The van der Waals surface area contributed by atoms with Crippen LogP contribution < -0.4 is 10.1 Å². The maximum absolute atomic E-state index is 13.0. The molecule has 0 unspecified atom stereocenters. The van der Waals surface area contributed by atoms with E-state index < -0.39 is 0 Å². The number of hydrogen-bond donors (Lipinski definition) is 1. The smallest absolute Gasteiger partial charge is 0.234 e. The molecule has 0 saturated carbocycles. The first-order chi connectivity index (χ1) is 13.6. The van der Waals surface area contributed by atoms with Gasteiger partial charge < -0.3 is 10.1 Å². The molecule has 0 radical (unpaired) electrons. The number of halogens is 1. The van der Waals surface area contributed by atoms with E-state index in [-0.39, 0.29) is 11.7 Å². The molecule has 5 nitrogen and oxygen atoms in total. The van der Waals surface area contributed by atoms with Crippen LogP contribution in [0.2, 0.25) is 0 Å². The molecule has 2 aromatic carbocycles. The Morgan fingerprint density at radius 3 is 2.32 bits per heavy atom. The van der Waals surface area contributed by atoms with Crippen LogP contribution in [0.3, 0.4) is 0 Å². The van der Waals surface area contributed by atoms with Crippen molar-refractivity contribution in [3.05, 3.63) is 65.5 Å². The first kappa shape index (κ1) is 20.3. The lowest BCUT2D eigenvalue weighted by Gasteiger charge is -2.21. The van der Waals surface area contributed by atoms with Gasteiger partial charge in [-0.05, 0) is 54.9 Å². The molecule has 1 aliphatic heterocycles. The average molecular weight is 385 g/mol. The fraction of sp³-hybridized carbons (Fsp3) is 0.409. The third kappa shape index (κ3) is 6.32. The van der Waals surface area contributed by atoms with Crippen molar-refractivity contribution in [2.45, 2.75) is 19.5 Å². The van der Waals surface area contributed by atoms with E-state index in [9.17, 15) is 9.18 Å². The van der Waals surface area contributed by atoms with Gasteiger partial charge in [0.25, 0.3) is 0 Å². The van der Waals surface area contributed by atoms with E-state index in [1.165, 1.54) is 12.1 Å². The van der Waals surface area contributed by atoms with E-state index in [1.807, 2.05) is 36.4 Å². The number of methoxy groups -OCH3 is 1. The molecule has 2 aromatic rings. The maximum atomic E-state index is 13.0. The minimum Gasteiger partial charge on any atom is -0.497 e. The van der Waals surface area contributed by atoms with Crippen molar-refractivity contribution in [2.75, 3.05) is 39.8 Å². The van der Waals surface area contributed by atoms with Crippen molar-refractivity contribution >= 4 is 5.91 Å². The first-order valence-electron chi connectivity index (χ1n) is 9.71. The van der Waals surface area contributed by atoms with Gasteiger partial charge in [0, 0.05) is 26.2 Å². The van der Waals surface area contributed by atoms with E-state index in [1.54, 1.807) is 7.11 Å². The Balaban J connectivity index is 1.40. The molecule has 1 fully saturated rings. The second-order valence-electron chi connectivity index (χ2n) is 7.16. The maximum Gasteiger partial charge on any atom is 0.234 e. The lowest BCUT2D eigenvalue weighted by atomic mass is 10.2. The number of benzene rings is 2. The Hall–Kier alpha value is -2.44. The summed E-state index contributed by atoms with van der Waals surface area (Å²) in [7, 11) is 1.64. The SMILES string of the molecule is COc1ccc(CNC(=O)CN2CCCN(Cc3ccc(F)cc3)CC2)cc1. The lowest BCUT2D eigenvalue weighted by Crippen LogP contribution is -2.39. The number of nitrogens with zero attached hydrogens (tertiary/aromatic N) is 2. The van der Waals surface area contributed by atoms with Crippen molar-refractivity contribution in [1.29, 1.82) is 0 Å². The molecule has 150 valence electrons. The van der Waals surface area contributed by atoms with Crippen LogP contribution in [0.5, 0.6) is 5.75 Å². The Morgan fingerprint density at radius 1 is 0.964 bits per heavy atom. The summed E-state index contributed by atoms with van der Waals surface area (Å²) in [5.74, 6) is 0.652. The van der Waals surface area contributed by atoms with E-state index in [4.69, 9.17) is 4.74 Å². The zero-order valence-electron chi connectivity index (χ0n) is 16.4. The molecule has 28 heavy (non-hydrogen) atoms. The second kappa shape index (κ2) is 10.2. The summed E-state index contributed by atoms with van der Waals surface area (Å²) in [6, 6.07) is 14.4. The minimum atomic E-state index is -0.202. The molecular formula is C22H28FN3O2. The van der Waals surface area contributed by atoms with Crippen molar-refractivity contribution in [3.8, 4) is 5.75 Å². The Bertz CT molecular complexity index is 749. The number of carbonyl (C=O) groups is 1. The highest BCUT2D eigenvalue weighted by Crippen LogP contribution is 2.12. The third-order valence-corrected chi connectivity index (χ3v) is 5.02. The van der Waals surface area contributed by atoms with Crippen LogP contribution in [0.15, 0.2) is 48.5 Å². The Labute approximate surface area is 166 Å². The topological polar surface area (TPSA) is 44.8 Å². The largest absolute Gasteiger partial charge is 0.497 e. The molecule has 0 aromatic heterocycles. The minimum absolute atomic E-state index is 0.0443. The normalized spacial score (nSPS) is 15.8. The zero-order valence-corrected chi connectivity index (χ0v) is 16.4. The fourth-order valence-corrected chi connectivity index (χ4v) is 3.39. The molecule has 1 saturated heterocycles. The highest BCUT2D eigenvalue weighted by Gasteiger charge is 2.17. The lowest BCUT2D eigenvalue weighted by molar-refractivity contribution is -0.122. The van der Waals surface area contributed by atoms with Gasteiger partial charge >= 0.3 is 0 Å². The van der Waals surface area contributed by atoms with Gasteiger partial charge in [-0.1, -0.05) is 24.3 Å². The highest BCUT2D eigenvalue weighted by atomic mass is 19.1. The fourth-order valence-electron chi connectivity index (χ4n) is 3.39. The Kier molecular flexibility index (Phi) is 7.39. The number of nitrogens with one attached hydrogen (secondary N) is 1. The molecule has 1 amide bonds. The van der Waals surface area contributed by atoms with Crippen molar-refractivity contribution in [3.63, 3.8) is 0 Å². The number of carbonyl (C=O) groups excluding carboxylic acids is 1. The standard InChI is InChI=1S/C22H28FN3O2/c1-28-21-9-5-18(6-10-21)15-24-22(27)17-26-12-2-11-25(13-14-26)16-19-3-7-20(23)8-4-19/h3-10H,2,11-17H2,1H3,(H,24,27). The molecular weight excluding hydrogens is 357 g/mol. The van der Waals surface area contributed by atoms with Crippen LogP contribution in [0.25, 0.3) is 0 Å². The van der Waals surface area contributed by atoms with Gasteiger partial charge in [-0.15, -0.1) is 0 Å². The van der Waals surface area contributed by atoms with Gasteiger partial charge in [-0.3, -0.25) is 14.6 Å². The molecule has 1 N–H and O–H groups in total. The van der Waals surface area contributed by atoms with Crippen LogP contribution in [0.1, 0.15) is 17.5 Å². The number of ether oxygens (including phenoxy) is 1. The van der Waals surface area contributed by atoms with Crippen molar-refractivity contribution in [2.24, 2.45) is 0 Å². The van der Waals surface area contributed by atoms with Crippen LogP contribution >= 0.6 is 0 Å². The van der Waals surface area contributed by atoms with E-state index in [2.05, 4.69) is 15.1 Å². The molecule has 3 rings (SSSR count). The summed E-state index contributed by atoms with van der Waals surface area (Å²) in [5, 5.41) is 2.99. The summed E-state index contributed by atoms with van der Waals surface area (Å²) >= 11 is 0. The number of rotatable bonds is 7. The quantitative estimate of drug-likeness (QED) is 0.796. The van der Waals surface area contributed by atoms with Gasteiger partial charge in [-0.25, -0.2) is 4.39 Å². The van der Waals surface area contributed by atoms with Crippen molar-refractivity contribution in [1.82, 2.24) is 15.1 Å². The van der Waals surface area contributed by atoms with E-state index in [0.29, 0.717) is 13.1 Å². The third-order valence-electron chi connectivity index (χ3n) is 5.02. The Morgan fingerprint density at radius 2 is 1.61 bits per heavy atom. The molecule has 6 heteroatoms. The summed E-state index contributed by atoms with van der Waals surface area (Å²) in [6.07, 6.45) is 1.02. The monoisotopic (exact) mass is 385 g/mol. The molecule has 0 atom stereocenters. The highest BCUT2D eigenvalue weighted by molar-refractivity contribution is 5.78. The molecule has 1 aliphatic rings. The molecule has 0 spiro atoms. The van der Waals surface area contributed by atoms with E-state index in [0.717, 1.165) is 56.0 Å². The predicted octanol–water partition coefficient (Wildman–Crippen LogP) is 2.66. The van der Waals surface area contributed by atoms with Crippen LogP contribution in [-0.2, 0) is 17.9 Å². The van der Waals surface area contributed by atoms with Crippen LogP contribution in [0, 0.1) is 5.82 Å². The zero-order chi connectivity index (χ0) is 19.8. The van der Waals surface area contributed by atoms with Gasteiger partial charge in [0.1, 0.15) is 11.6 Å². The predicted molar refractivity (Wildman–Crippen MR) is 108 cm³/mol. The number of hydrogen-bond acceptors (Lipinski definition) is 4. The van der Waals surface area contributed by atoms with Gasteiger partial charge in [0.15, 0.2) is 0 Å². The van der Waals surface area contributed by atoms with Crippen LogP contribution in [-0.4, -0.2) is 55.5 Å². The summed E-state index contributed by atoms with van der Waals surface area (Å²) in [4.78, 5) is 16.9.